The second kappa shape index (κ2) is 7.60. The summed E-state index contributed by atoms with van der Waals surface area (Å²) >= 11 is 5.36. The summed E-state index contributed by atoms with van der Waals surface area (Å²) < 4.78 is 0. The Morgan fingerprint density at radius 3 is 2.40 bits per heavy atom. The second-order valence-corrected chi connectivity index (χ2v) is 4.93. The van der Waals surface area contributed by atoms with Gasteiger partial charge in [0.1, 0.15) is 0 Å². The SMILES string of the molecule is CCCNC(=S)N[C@@H](c1ccccc1)c1ccncc1. The Balaban J connectivity index is 2.19. The van der Waals surface area contributed by atoms with E-state index < -0.39 is 0 Å². The van der Waals surface area contributed by atoms with Crippen LogP contribution in [0.4, 0.5) is 0 Å². The minimum Gasteiger partial charge on any atom is -0.363 e. The Bertz CT molecular complexity index is 488. The van der Waals surface area contributed by atoms with Gasteiger partial charge in [-0.05, 0) is 41.9 Å². The zero-order chi connectivity index (χ0) is 14.2. The highest BCUT2D eigenvalue weighted by molar-refractivity contribution is 7.80. The van der Waals surface area contributed by atoms with E-state index >= 15 is 0 Å². The summed E-state index contributed by atoms with van der Waals surface area (Å²) in [6, 6.07) is 14.3. The van der Waals surface area contributed by atoms with Crippen molar-refractivity contribution < 1.29 is 0 Å². The number of hydrogen-bond donors (Lipinski definition) is 2. The molecular formula is C16H19N3S. The van der Waals surface area contributed by atoms with E-state index in [0.717, 1.165) is 18.5 Å². The second-order valence-electron chi connectivity index (χ2n) is 4.52. The van der Waals surface area contributed by atoms with E-state index in [4.69, 9.17) is 12.2 Å². The molecule has 1 atom stereocenters. The Morgan fingerprint density at radius 1 is 1.10 bits per heavy atom. The minimum absolute atomic E-state index is 0.0380. The summed E-state index contributed by atoms with van der Waals surface area (Å²) in [5.41, 5.74) is 2.33. The number of hydrogen-bond acceptors (Lipinski definition) is 2. The minimum atomic E-state index is 0.0380. The number of aromatic nitrogens is 1. The number of rotatable bonds is 5. The molecule has 0 aliphatic rings. The number of pyridine rings is 1. The molecule has 4 heteroatoms. The van der Waals surface area contributed by atoms with Crippen molar-refractivity contribution in [3.63, 3.8) is 0 Å². The maximum atomic E-state index is 5.36. The number of benzene rings is 1. The van der Waals surface area contributed by atoms with Crippen LogP contribution in [0.15, 0.2) is 54.9 Å². The summed E-state index contributed by atoms with van der Waals surface area (Å²) in [4.78, 5) is 4.07. The summed E-state index contributed by atoms with van der Waals surface area (Å²) in [5, 5.41) is 7.26. The molecule has 0 aliphatic heterocycles. The lowest BCUT2D eigenvalue weighted by Gasteiger charge is -2.21. The van der Waals surface area contributed by atoms with E-state index in [1.54, 1.807) is 12.4 Å². The molecule has 20 heavy (non-hydrogen) atoms. The highest BCUT2D eigenvalue weighted by Crippen LogP contribution is 2.21. The molecule has 1 aromatic heterocycles. The maximum absolute atomic E-state index is 5.36. The molecule has 0 spiro atoms. The van der Waals surface area contributed by atoms with Crippen molar-refractivity contribution in [3.05, 3.63) is 66.0 Å². The highest BCUT2D eigenvalue weighted by Gasteiger charge is 2.14. The first-order chi connectivity index (χ1) is 9.81. The monoisotopic (exact) mass is 285 g/mol. The van der Waals surface area contributed by atoms with Crippen molar-refractivity contribution >= 4 is 17.3 Å². The third-order valence-electron chi connectivity index (χ3n) is 2.98. The van der Waals surface area contributed by atoms with Gasteiger partial charge < -0.3 is 10.6 Å². The Morgan fingerprint density at radius 2 is 1.75 bits per heavy atom. The molecule has 104 valence electrons. The van der Waals surface area contributed by atoms with Crippen LogP contribution >= 0.6 is 12.2 Å². The Kier molecular flexibility index (Phi) is 5.50. The van der Waals surface area contributed by atoms with Gasteiger partial charge in [0.15, 0.2) is 5.11 Å². The Hall–Kier alpha value is -1.94. The molecule has 1 heterocycles. The van der Waals surface area contributed by atoms with Gasteiger partial charge in [0.05, 0.1) is 6.04 Å². The van der Waals surface area contributed by atoms with E-state index in [1.165, 1.54) is 5.56 Å². The number of thiocarbonyl (C=S) groups is 1. The lowest BCUT2D eigenvalue weighted by atomic mass is 10.00. The Labute approximate surface area is 125 Å². The maximum Gasteiger partial charge on any atom is 0.167 e. The molecule has 0 saturated carbocycles. The van der Waals surface area contributed by atoms with Crippen molar-refractivity contribution in [3.8, 4) is 0 Å². The number of nitrogens with one attached hydrogen (secondary N) is 2. The van der Waals surface area contributed by atoms with Gasteiger partial charge in [-0.3, -0.25) is 4.98 Å². The lowest BCUT2D eigenvalue weighted by molar-refractivity contribution is 0.728. The largest absolute Gasteiger partial charge is 0.363 e. The van der Waals surface area contributed by atoms with Crippen LogP contribution in [0.5, 0.6) is 0 Å². The van der Waals surface area contributed by atoms with E-state index in [0.29, 0.717) is 5.11 Å². The van der Waals surface area contributed by atoms with E-state index in [-0.39, 0.29) is 6.04 Å². The van der Waals surface area contributed by atoms with Gasteiger partial charge in [-0.1, -0.05) is 37.3 Å². The van der Waals surface area contributed by atoms with Crippen LogP contribution < -0.4 is 10.6 Å². The topological polar surface area (TPSA) is 37.0 Å². The van der Waals surface area contributed by atoms with Gasteiger partial charge >= 0.3 is 0 Å². The molecule has 1 aromatic carbocycles. The molecule has 2 N–H and O–H groups in total. The first-order valence-electron chi connectivity index (χ1n) is 6.80. The summed E-state index contributed by atoms with van der Waals surface area (Å²) in [7, 11) is 0. The fourth-order valence-corrected chi connectivity index (χ4v) is 2.20. The predicted octanol–water partition coefficient (Wildman–Crippen LogP) is 3.05. The molecule has 0 amide bonds. The van der Waals surface area contributed by atoms with Gasteiger partial charge in [0.2, 0.25) is 0 Å². The average Bonchev–Trinajstić information content (AvgIpc) is 2.52. The molecule has 0 saturated heterocycles. The zero-order valence-electron chi connectivity index (χ0n) is 11.5. The molecule has 2 aromatic rings. The fourth-order valence-electron chi connectivity index (χ4n) is 1.98. The van der Waals surface area contributed by atoms with Crippen LogP contribution in [0.1, 0.15) is 30.5 Å². The summed E-state index contributed by atoms with van der Waals surface area (Å²) in [6.07, 6.45) is 4.65. The van der Waals surface area contributed by atoms with Crippen LogP contribution in [0.3, 0.4) is 0 Å². The first-order valence-corrected chi connectivity index (χ1v) is 7.21. The van der Waals surface area contributed by atoms with Crippen LogP contribution in [0, 0.1) is 0 Å². The summed E-state index contributed by atoms with van der Waals surface area (Å²) in [5.74, 6) is 0. The summed E-state index contributed by atoms with van der Waals surface area (Å²) in [6.45, 7) is 3.00. The van der Waals surface area contributed by atoms with E-state index in [2.05, 4.69) is 34.7 Å². The van der Waals surface area contributed by atoms with Crippen molar-refractivity contribution in [1.82, 2.24) is 15.6 Å². The molecule has 3 nitrogen and oxygen atoms in total. The molecule has 0 bridgehead atoms. The van der Waals surface area contributed by atoms with E-state index in [1.807, 2.05) is 30.3 Å². The molecular weight excluding hydrogens is 266 g/mol. The van der Waals surface area contributed by atoms with Gasteiger partial charge in [-0.2, -0.15) is 0 Å². The van der Waals surface area contributed by atoms with Gasteiger partial charge in [0, 0.05) is 18.9 Å². The van der Waals surface area contributed by atoms with Crippen molar-refractivity contribution in [2.24, 2.45) is 0 Å². The molecule has 0 aliphatic carbocycles. The lowest BCUT2D eigenvalue weighted by Crippen LogP contribution is -2.38. The van der Waals surface area contributed by atoms with Crippen LogP contribution in [-0.2, 0) is 0 Å². The third-order valence-corrected chi connectivity index (χ3v) is 3.25. The smallest absolute Gasteiger partial charge is 0.167 e. The van der Waals surface area contributed by atoms with E-state index in [9.17, 15) is 0 Å². The van der Waals surface area contributed by atoms with Crippen LogP contribution in [0.25, 0.3) is 0 Å². The normalized spacial score (nSPS) is 11.7. The van der Waals surface area contributed by atoms with Crippen molar-refractivity contribution in [1.29, 1.82) is 0 Å². The van der Waals surface area contributed by atoms with Crippen LogP contribution in [-0.4, -0.2) is 16.6 Å². The first kappa shape index (κ1) is 14.5. The molecule has 0 radical (unpaired) electrons. The van der Waals surface area contributed by atoms with Gasteiger partial charge in [-0.25, -0.2) is 0 Å². The highest BCUT2D eigenvalue weighted by atomic mass is 32.1. The molecule has 0 unspecified atom stereocenters. The third kappa shape index (κ3) is 4.03. The molecule has 0 fully saturated rings. The van der Waals surface area contributed by atoms with Crippen LogP contribution in [0.2, 0.25) is 0 Å². The average molecular weight is 285 g/mol. The van der Waals surface area contributed by atoms with Crippen molar-refractivity contribution in [2.75, 3.05) is 6.54 Å². The standard InChI is InChI=1S/C16H19N3S/c1-2-10-18-16(20)19-15(13-6-4-3-5-7-13)14-8-11-17-12-9-14/h3-9,11-12,15H,2,10H2,1H3,(H2,18,19,20)/t15-/m0/s1. The molecule has 2 rings (SSSR count). The predicted molar refractivity (Wildman–Crippen MR) is 86.5 cm³/mol. The zero-order valence-corrected chi connectivity index (χ0v) is 12.4. The fraction of sp³-hybridized carbons (Fsp3) is 0.250. The van der Waals surface area contributed by atoms with Crippen molar-refractivity contribution in [2.45, 2.75) is 19.4 Å². The van der Waals surface area contributed by atoms with Gasteiger partial charge in [-0.15, -0.1) is 0 Å². The quantitative estimate of drug-likeness (QED) is 0.828. The van der Waals surface area contributed by atoms with Gasteiger partial charge in [0.25, 0.3) is 0 Å². The number of nitrogens with zero attached hydrogens (tertiary/aromatic N) is 1.